The Bertz CT molecular complexity index is 1300. The molecule has 0 saturated carbocycles. The fraction of sp³-hybridized carbons (Fsp3) is 0.200. The van der Waals surface area contributed by atoms with Gasteiger partial charge in [0.05, 0.1) is 35.2 Å². The molecule has 31 heavy (non-hydrogen) atoms. The summed E-state index contributed by atoms with van der Waals surface area (Å²) in [5.74, 6) is -0.0412. The monoisotopic (exact) mass is 493 g/mol. The van der Waals surface area contributed by atoms with Crippen molar-refractivity contribution in [1.82, 2.24) is 19.9 Å². The average molecular weight is 494 g/mol. The van der Waals surface area contributed by atoms with E-state index in [2.05, 4.69) is 36.5 Å². The van der Waals surface area contributed by atoms with Crippen LogP contribution in [-0.2, 0) is 12.7 Å². The van der Waals surface area contributed by atoms with Gasteiger partial charge in [0.1, 0.15) is 17.1 Å². The van der Waals surface area contributed by atoms with Crippen molar-refractivity contribution in [3.63, 3.8) is 0 Å². The van der Waals surface area contributed by atoms with Crippen LogP contribution in [-0.4, -0.2) is 25.8 Å². The number of pyridine rings is 1. The predicted molar refractivity (Wildman–Crippen MR) is 110 cm³/mol. The SMILES string of the molecule is Cc1cc(Cn2ncc(NC(=O)c3cc(C(F)(F)F)nc4ccc(Br)cc34)c2C)no1. The van der Waals surface area contributed by atoms with Gasteiger partial charge in [0.15, 0.2) is 0 Å². The van der Waals surface area contributed by atoms with Crippen molar-refractivity contribution in [2.24, 2.45) is 0 Å². The molecule has 1 N–H and O–H groups in total. The molecular weight excluding hydrogens is 479 g/mol. The molecule has 0 fully saturated rings. The summed E-state index contributed by atoms with van der Waals surface area (Å²) in [4.78, 5) is 16.6. The van der Waals surface area contributed by atoms with E-state index in [-0.39, 0.29) is 11.1 Å². The first kappa shape index (κ1) is 21.0. The van der Waals surface area contributed by atoms with E-state index >= 15 is 0 Å². The second kappa shape index (κ2) is 7.80. The van der Waals surface area contributed by atoms with Crippen LogP contribution in [0.1, 0.15) is 33.2 Å². The van der Waals surface area contributed by atoms with Gasteiger partial charge in [-0.05, 0) is 38.1 Å². The zero-order chi connectivity index (χ0) is 22.3. The molecule has 0 aliphatic carbocycles. The number of benzene rings is 1. The van der Waals surface area contributed by atoms with Crippen LogP contribution in [0.2, 0.25) is 0 Å². The Balaban J connectivity index is 1.68. The molecule has 1 amide bonds. The van der Waals surface area contributed by atoms with Crippen LogP contribution in [0.5, 0.6) is 0 Å². The number of carbonyl (C=O) groups is 1. The normalized spacial score (nSPS) is 11.8. The minimum Gasteiger partial charge on any atom is -0.361 e. The molecule has 3 aromatic heterocycles. The number of carbonyl (C=O) groups excluding carboxylic acids is 1. The largest absolute Gasteiger partial charge is 0.433 e. The first-order chi connectivity index (χ1) is 14.6. The van der Waals surface area contributed by atoms with E-state index in [1.165, 1.54) is 12.3 Å². The maximum atomic E-state index is 13.3. The second-order valence-electron chi connectivity index (χ2n) is 6.90. The van der Waals surface area contributed by atoms with Crippen molar-refractivity contribution in [3.05, 3.63) is 69.4 Å². The zero-order valence-electron chi connectivity index (χ0n) is 16.3. The van der Waals surface area contributed by atoms with Gasteiger partial charge < -0.3 is 9.84 Å². The lowest BCUT2D eigenvalue weighted by Gasteiger charge is -2.12. The molecule has 0 aliphatic rings. The Hall–Kier alpha value is -3.21. The standard InChI is InChI=1S/C20H15BrF3N5O2/c1-10-5-13(28-31-10)9-29-11(2)17(8-25-29)27-19(30)15-7-18(20(22,23)24)26-16-4-3-12(21)6-14(15)16/h3-8H,9H2,1-2H3,(H,27,30). The van der Waals surface area contributed by atoms with E-state index < -0.39 is 17.8 Å². The number of halogens is 4. The van der Waals surface area contributed by atoms with Crippen LogP contribution in [0, 0.1) is 13.8 Å². The number of fused-ring (bicyclic) bond motifs is 1. The van der Waals surface area contributed by atoms with Crippen molar-refractivity contribution in [2.45, 2.75) is 26.6 Å². The van der Waals surface area contributed by atoms with Gasteiger partial charge in [-0.1, -0.05) is 21.1 Å². The van der Waals surface area contributed by atoms with E-state index in [4.69, 9.17) is 4.52 Å². The fourth-order valence-corrected chi connectivity index (χ4v) is 3.46. The molecule has 0 bridgehead atoms. The summed E-state index contributed by atoms with van der Waals surface area (Å²) < 4.78 is 47.2. The molecule has 0 radical (unpaired) electrons. The number of nitrogens with zero attached hydrogens (tertiary/aromatic N) is 4. The number of hydrogen-bond donors (Lipinski definition) is 1. The molecule has 0 saturated heterocycles. The third-order valence-electron chi connectivity index (χ3n) is 4.65. The van der Waals surface area contributed by atoms with E-state index in [0.29, 0.717) is 39.2 Å². The van der Waals surface area contributed by atoms with E-state index in [0.717, 1.165) is 6.07 Å². The number of alkyl halides is 3. The number of anilines is 1. The van der Waals surface area contributed by atoms with Crippen molar-refractivity contribution < 1.29 is 22.5 Å². The third kappa shape index (κ3) is 4.31. The molecule has 0 aliphatic heterocycles. The van der Waals surface area contributed by atoms with Gasteiger partial charge in [-0.2, -0.15) is 18.3 Å². The number of aryl methyl sites for hydroxylation is 1. The van der Waals surface area contributed by atoms with Crippen molar-refractivity contribution in [3.8, 4) is 0 Å². The lowest BCUT2D eigenvalue weighted by Crippen LogP contribution is -2.16. The summed E-state index contributed by atoms with van der Waals surface area (Å²) in [6.45, 7) is 3.82. The summed E-state index contributed by atoms with van der Waals surface area (Å²) in [5.41, 5.74) is 0.431. The first-order valence-electron chi connectivity index (χ1n) is 9.05. The lowest BCUT2D eigenvalue weighted by molar-refractivity contribution is -0.140. The Kier molecular flexibility index (Phi) is 5.29. The molecule has 0 atom stereocenters. The van der Waals surface area contributed by atoms with Gasteiger partial charge in [-0.25, -0.2) is 4.98 Å². The van der Waals surface area contributed by atoms with E-state index in [9.17, 15) is 18.0 Å². The number of nitrogens with one attached hydrogen (secondary N) is 1. The summed E-state index contributed by atoms with van der Waals surface area (Å²) in [5, 5.41) is 11.1. The summed E-state index contributed by atoms with van der Waals surface area (Å²) in [7, 11) is 0. The molecule has 3 heterocycles. The predicted octanol–water partition coefficient (Wildman–Crippen LogP) is 5.12. The molecule has 4 aromatic rings. The van der Waals surface area contributed by atoms with Gasteiger partial charge in [0.25, 0.3) is 5.91 Å². The number of aromatic nitrogens is 4. The topological polar surface area (TPSA) is 85.8 Å². The van der Waals surface area contributed by atoms with E-state index in [1.807, 2.05) is 0 Å². The van der Waals surface area contributed by atoms with Gasteiger partial charge >= 0.3 is 6.18 Å². The highest BCUT2D eigenvalue weighted by Crippen LogP contribution is 2.32. The summed E-state index contributed by atoms with van der Waals surface area (Å²) in [6, 6.07) is 7.06. The van der Waals surface area contributed by atoms with Crippen LogP contribution >= 0.6 is 15.9 Å². The molecular formula is C20H15BrF3N5O2. The quantitative estimate of drug-likeness (QED) is 0.426. The van der Waals surface area contributed by atoms with Crippen molar-refractivity contribution in [1.29, 1.82) is 0 Å². The van der Waals surface area contributed by atoms with Crippen LogP contribution in [0.15, 0.2) is 45.5 Å². The second-order valence-corrected chi connectivity index (χ2v) is 7.81. The van der Waals surface area contributed by atoms with Crippen LogP contribution in [0.3, 0.4) is 0 Å². The molecule has 1 aromatic carbocycles. The maximum absolute atomic E-state index is 13.3. The molecule has 7 nitrogen and oxygen atoms in total. The lowest BCUT2D eigenvalue weighted by atomic mass is 10.1. The van der Waals surface area contributed by atoms with Crippen LogP contribution < -0.4 is 5.32 Å². The number of rotatable bonds is 4. The minimum atomic E-state index is -4.69. The number of amides is 1. The molecule has 0 unspecified atom stereocenters. The van der Waals surface area contributed by atoms with Gasteiger partial charge in [-0.15, -0.1) is 0 Å². The van der Waals surface area contributed by atoms with Crippen molar-refractivity contribution >= 4 is 38.4 Å². The number of hydrogen-bond acceptors (Lipinski definition) is 5. The van der Waals surface area contributed by atoms with Gasteiger partial charge in [0.2, 0.25) is 0 Å². The van der Waals surface area contributed by atoms with Crippen LogP contribution in [0.4, 0.5) is 18.9 Å². The third-order valence-corrected chi connectivity index (χ3v) is 5.14. The Morgan fingerprint density at radius 1 is 1.23 bits per heavy atom. The van der Waals surface area contributed by atoms with Crippen molar-refractivity contribution in [2.75, 3.05) is 5.32 Å². The Labute approximate surface area is 182 Å². The maximum Gasteiger partial charge on any atom is 0.433 e. The molecule has 0 spiro atoms. The minimum absolute atomic E-state index is 0.0667. The summed E-state index contributed by atoms with van der Waals surface area (Å²) >= 11 is 3.28. The van der Waals surface area contributed by atoms with Crippen LogP contribution in [0.25, 0.3) is 10.9 Å². The summed E-state index contributed by atoms with van der Waals surface area (Å²) in [6.07, 6.45) is -3.25. The smallest absolute Gasteiger partial charge is 0.361 e. The molecule has 11 heteroatoms. The fourth-order valence-electron chi connectivity index (χ4n) is 3.10. The zero-order valence-corrected chi connectivity index (χ0v) is 17.9. The van der Waals surface area contributed by atoms with E-state index in [1.54, 1.807) is 36.7 Å². The molecule has 160 valence electrons. The average Bonchev–Trinajstić information content (AvgIpc) is 3.26. The highest BCUT2D eigenvalue weighted by molar-refractivity contribution is 9.10. The highest BCUT2D eigenvalue weighted by Gasteiger charge is 2.34. The Morgan fingerprint density at radius 3 is 2.68 bits per heavy atom. The first-order valence-corrected chi connectivity index (χ1v) is 9.84. The Morgan fingerprint density at radius 2 is 2.00 bits per heavy atom. The molecule has 4 rings (SSSR count). The van der Waals surface area contributed by atoms with Gasteiger partial charge in [-0.3, -0.25) is 9.48 Å². The van der Waals surface area contributed by atoms with Gasteiger partial charge in [0, 0.05) is 15.9 Å². The highest BCUT2D eigenvalue weighted by atomic mass is 79.9.